The summed E-state index contributed by atoms with van der Waals surface area (Å²) >= 11 is 1.77. The van der Waals surface area contributed by atoms with E-state index in [1.54, 1.807) is 11.3 Å². The van der Waals surface area contributed by atoms with E-state index in [-0.39, 0.29) is 11.6 Å². The third-order valence-electron chi connectivity index (χ3n) is 3.67. The van der Waals surface area contributed by atoms with Crippen molar-refractivity contribution >= 4 is 11.3 Å². The first kappa shape index (κ1) is 13.1. The maximum absolute atomic E-state index is 6.42. The van der Waals surface area contributed by atoms with Crippen molar-refractivity contribution in [2.45, 2.75) is 57.7 Å². The highest BCUT2D eigenvalue weighted by Gasteiger charge is 2.35. The number of hydrogen-bond acceptors (Lipinski definition) is 3. The Morgan fingerprint density at radius 3 is 2.71 bits per heavy atom. The van der Waals surface area contributed by atoms with Gasteiger partial charge in [-0.1, -0.05) is 6.42 Å². The van der Waals surface area contributed by atoms with Gasteiger partial charge in [-0.05, 0) is 62.5 Å². The molecule has 17 heavy (non-hydrogen) atoms. The normalized spacial score (nSPS) is 28.0. The monoisotopic (exact) mass is 252 g/mol. The van der Waals surface area contributed by atoms with Gasteiger partial charge in [-0.3, -0.25) is 4.90 Å². The van der Waals surface area contributed by atoms with E-state index >= 15 is 0 Å². The Labute approximate surface area is 109 Å². The summed E-state index contributed by atoms with van der Waals surface area (Å²) in [5, 5.41) is 4.42. The molecule has 2 unspecified atom stereocenters. The van der Waals surface area contributed by atoms with E-state index in [1.165, 1.54) is 18.4 Å². The van der Waals surface area contributed by atoms with Crippen LogP contribution in [-0.4, -0.2) is 23.0 Å². The van der Waals surface area contributed by atoms with Crippen LogP contribution in [-0.2, 0) is 0 Å². The first-order valence-corrected chi connectivity index (χ1v) is 7.49. The maximum Gasteiger partial charge on any atom is 0.0512 e. The summed E-state index contributed by atoms with van der Waals surface area (Å²) in [6.45, 7) is 8.05. The zero-order valence-electron chi connectivity index (χ0n) is 11.1. The van der Waals surface area contributed by atoms with Gasteiger partial charge in [0.05, 0.1) is 6.04 Å². The average molecular weight is 252 g/mol. The largest absolute Gasteiger partial charge is 0.326 e. The molecule has 2 atom stereocenters. The molecule has 3 heteroatoms. The molecule has 0 radical (unpaired) electrons. The van der Waals surface area contributed by atoms with Crippen LogP contribution in [0, 0.1) is 0 Å². The highest BCUT2D eigenvalue weighted by atomic mass is 32.1. The molecular weight excluding hydrogens is 228 g/mol. The lowest BCUT2D eigenvalue weighted by atomic mass is 9.94. The molecule has 1 saturated heterocycles. The second-order valence-electron chi connectivity index (χ2n) is 6.03. The number of hydrogen-bond donors (Lipinski definition) is 1. The molecule has 2 rings (SSSR count). The summed E-state index contributed by atoms with van der Waals surface area (Å²) in [6.07, 6.45) is 3.67. The van der Waals surface area contributed by atoms with Crippen LogP contribution in [0.25, 0.3) is 0 Å². The molecule has 1 aliphatic rings. The van der Waals surface area contributed by atoms with E-state index in [2.05, 4.69) is 42.5 Å². The van der Waals surface area contributed by atoms with E-state index < -0.39 is 0 Å². The van der Waals surface area contributed by atoms with E-state index in [0.717, 1.165) is 13.0 Å². The van der Waals surface area contributed by atoms with Gasteiger partial charge in [-0.25, -0.2) is 0 Å². The molecular formula is C14H24N2S. The maximum atomic E-state index is 6.42. The predicted molar refractivity (Wildman–Crippen MR) is 75.3 cm³/mol. The second kappa shape index (κ2) is 5.09. The van der Waals surface area contributed by atoms with Crippen molar-refractivity contribution in [3.8, 4) is 0 Å². The Morgan fingerprint density at radius 1 is 1.35 bits per heavy atom. The number of thiophene rings is 1. The van der Waals surface area contributed by atoms with Gasteiger partial charge in [0.2, 0.25) is 0 Å². The molecule has 0 aliphatic carbocycles. The average Bonchev–Trinajstić information content (AvgIpc) is 2.67. The van der Waals surface area contributed by atoms with Crippen molar-refractivity contribution in [2.24, 2.45) is 5.73 Å². The first-order chi connectivity index (χ1) is 8.00. The smallest absolute Gasteiger partial charge is 0.0512 e. The van der Waals surface area contributed by atoms with Crippen molar-refractivity contribution in [3.63, 3.8) is 0 Å². The molecule has 1 aliphatic heterocycles. The Morgan fingerprint density at radius 2 is 2.12 bits per heavy atom. The Bertz CT molecular complexity index is 340. The molecule has 1 aromatic rings. The van der Waals surface area contributed by atoms with Gasteiger partial charge in [0.25, 0.3) is 0 Å². The van der Waals surface area contributed by atoms with Crippen molar-refractivity contribution in [3.05, 3.63) is 22.4 Å². The van der Waals surface area contributed by atoms with Gasteiger partial charge in [0.1, 0.15) is 0 Å². The summed E-state index contributed by atoms with van der Waals surface area (Å²) in [7, 11) is 0. The lowest BCUT2D eigenvalue weighted by Gasteiger charge is -2.42. The number of rotatable bonds is 1. The van der Waals surface area contributed by atoms with Crippen LogP contribution in [0.4, 0.5) is 0 Å². The molecule has 0 bridgehead atoms. The fraction of sp³-hybridized carbons (Fsp3) is 0.714. The quantitative estimate of drug-likeness (QED) is 0.830. The minimum absolute atomic E-state index is 0.189. The Kier molecular flexibility index (Phi) is 3.91. The third kappa shape index (κ3) is 2.90. The van der Waals surface area contributed by atoms with Crippen molar-refractivity contribution in [1.82, 2.24) is 4.90 Å². The Hall–Kier alpha value is -0.380. The van der Waals surface area contributed by atoms with Gasteiger partial charge in [-0.2, -0.15) is 11.3 Å². The molecule has 1 aromatic heterocycles. The van der Waals surface area contributed by atoms with Crippen molar-refractivity contribution in [1.29, 1.82) is 0 Å². The summed E-state index contributed by atoms with van der Waals surface area (Å²) in [5.74, 6) is 0. The van der Waals surface area contributed by atoms with Gasteiger partial charge >= 0.3 is 0 Å². The standard InChI is InChI=1S/C14H24N2S/c1-14(2,3)16-8-5-4-6-12(15)13(16)11-7-9-17-10-11/h7,9-10,12-13H,4-6,8,15H2,1-3H3. The molecule has 0 saturated carbocycles. The minimum atomic E-state index is 0.189. The molecule has 2 nitrogen and oxygen atoms in total. The summed E-state index contributed by atoms with van der Waals surface area (Å²) in [5.41, 5.74) is 8.01. The van der Waals surface area contributed by atoms with Crippen molar-refractivity contribution in [2.75, 3.05) is 6.54 Å². The number of nitrogens with zero attached hydrogens (tertiary/aromatic N) is 1. The molecule has 96 valence electrons. The van der Waals surface area contributed by atoms with E-state index in [0.29, 0.717) is 6.04 Å². The van der Waals surface area contributed by atoms with Crippen molar-refractivity contribution < 1.29 is 0 Å². The van der Waals surface area contributed by atoms with E-state index in [1.807, 2.05) is 0 Å². The highest BCUT2D eigenvalue weighted by Crippen LogP contribution is 2.35. The summed E-state index contributed by atoms with van der Waals surface area (Å²) < 4.78 is 0. The van der Waals surface area contributed by atoms with Crippen LogP contribution in [0.15, 0.2) is 16.8 Å². The zero-order chi connectivity index (χ0) is 12.5. The predicted octanol–water partition coefficient (Wildman–Crippen LogP) is 3.40. The molecule has 0 aromatic carbocycles. The fourth-order valence-corrected chi connectivity index (χ4v) is 3.50. The summed E-state index contributed by atoms with van der Waals surface area (Å²) in [6, 6.07) is 2.90. The topological polar surface area (TPSA) is 29.3 Å². The van der Waals surface area contributed by atoms with Crippen LogP contribution in [0.2, 0.25) is 0 Å². The first-order valence-electron chi connectivity index (χ1n) is 6.54. The van der Waals surface area contributed by atoms with Gasteiger partial charge in [0.15, 0.2) is 0 Å². The van der Waals surface area contributed by atoms with Gasteiger partial charge in [-0.15, -0.1) is 0 Å². The molecule has 0 spiro atoms. The van der Waals surface area contributed by atoms with Crippen LogP contribution in [0.1, 0.15) is 51.6 Å². The van der Waals surface area contributed by atoms with Crippen LogP contribution in [0.3, 0.4) is 0 Å². The SMILES string of the molecule is CC(C)(C)N1CCCCC(N)C1c1ccsc1. The molecule has 2 N–H and O–H groups in total. The Balaban J connectivity index is 2.32. The van der Waals surface area contributed by atoms with Crippen LogP contribution < -0.4 is 5.73 Å². The second-order valence-corrected chi connectivity index (χ2v) is 6.81. The van der Waals surface area contributed by atoms with Gasteiger partial charge in [0, 0.05) is 11.6 Å². The number of likely N-dealkylation sites (tertiary alicyclic amines) is 1. The van der Waals surface area contributed by atoms with Crippen LogP contribution in [0.5, 0.6) is 0 Å². The van der Waals surface area contributed by atoms with Gasteiger partial charge < -0.3 is 5.73 Å². The summed E-state index contributed by atoms with van der Waals surface area (Å²) in [4.78, 5) is 2.59. The zero-order valence-corrected chi connectivity index (χ0v) is 12.0. The lowest BCUT2D eigenvalue weighted by molar-refractivity contribution is 0.0758. The fourth-order valence-electron chi connectivity index (χ4n) is 2.81. The number of nitrogens with two attached hydrogens (primary N) is 1. The highest BCUT2D eigenvalue weighted by molar-refractivity contribution is 7.07. The van der Waals surface area contributed by atoms with E-state index in [9.17, 15) is 0 Å². The molecule has 2 heterocycles. The minimum Gasteiger partial charge on any atom is -0.326 e. The van der Waals surface area contributed by atoms with Crippen LogP contribution >= 0.6 is 11.3 Å². The van der Waals surface area contributed by atoms with E-state index in [4.69, 9.17) is 5.73 Å². The molecule has 1 fully saturated rings. The molecule has 0 amide bonds. The third-order valence-corrected chi connectivity index (χ3v) is 4.38. The lowest BCUT2D eigenvalue weighted by Crippen LogP contribution is -2.49.